The van der Waals surface area contributed by atoms with Crippen molar-refractivity contribution in [1.29, 1.82) is 0 Å². The van der Waals surface area contributed by atoms with Gasteiger partial charge in [-0.15, -0.1) is 11.3 Å². The molecule has 1 aliphatic rings. The molecule has 0 unspecified atom stereocenters. The highest BCUT2D eigenvalue weighted by Gasteiger charge is 2.30. The summed E-state index contributed by atoms with van der Waals surface area (Å²) >= 11 is 1.39. The Bertz CT molecular complexity index is 564. The quantitative estimate of drug-likeness (QED) is 0.860. The lowest BCUT2D eigenvalue weighted by Gasteiger charge is -2.33. The number of aryl methyl sites for hydroxylation is 1. The number of rotatable bonds is 6. The van der Waals surface area contributed by atoms with Crippen LogP contribution in [0, 0.1) is 12.8 Å². The van der Waals surface area contributed by atoms with Crippen molar-refractivity contribution in [1.82, 2.24) is 9.88 Å². The Hall–Kier alpha value is -1.47. The largest absolute Gasteiger partial charge is 0.480 e. The van der Waals surface area contributed by atoms with E-state index in [1.54, 1.807) is 0 Å². The third-order valence-electron chi connectivity index (χ3n) is 3.82. The summed E-state index contributed by atoms with van der Waals surface area (Å²) in [6, 6.07) is -0.0811. The normalized spacial score (nSPS) is 15.8. The van der Waals surface area contributed by atoms with Gasteiger partial charge >= 0.3 is 5.97 Å². The summed E-state index contributed by atoms with van der Waals surface area (Å²) in [5, 5.41) is 10.1. The number of thiazole rings is 1. The van der Waals surface area contributed by atoms with Crippen LogP contribution in [0.5, 0.6) is 0 Å². The molecule has 2 heterocycles. The van der Waals surface area contributed by atoms with E-state index < -0.39 is 5.97 Å². The third kappa shape index (κ3) is 4.75. The molecule has 1 amide bonds. The first-order chi connectivity index (χ1) is 10.9. The molecule has 6 nitrogen and oxygen atoms in total. The zero-order valence-electron chi connectivity index (χ0n) is 13.9. The fourth-order valence-corrected chi connectivity index (χ4v) is 3.96. The highest BCUT2D eigenvalue weighted by atomic mass is 32.1. The minimum Gasteiger partial charge on any atom is -0.480 e. The van der Waals surface area contributed by atoms with Gasteiger partial charge < -0.3 is 14.7 Å². The molecule has 0 bridgehead atoms. The summed E-state index contributed by atoms with van der Waals surface area (Å²) in [7, 11) is 0. The minimum atomic E-state index is -0.991. The number of aromatic nitrogens is 1. The van der Waals surface area contributed by atoms with Crippen molar-refractivity contribution >= 4 is 23.2 Å². The Morgan fingerprint density at radius 3 is 2.61 bits per heavy atom. The van der Waals surface area contributed by atoms with E-state index in [1.165, 1.54) is 16.2 Å². The van der Waals surface area contributed by atoms with E-state index in [0.717, 1.165) is 11.4 Å². The fourth-order valence-electron chi connectivity index (χ4n) is 2.73. The van der Waals surface area contributed by atoms with Crippen molar-refractivity contribution in [3.05, 3.63) is 15.6 Å². The van der Waals surface area contributed by atoms with Gasteiger partial charge in [-0.25, -0.2) is 4.98 Å². The van der Waals surface area contributed by atoms with Crippen LogP contribution in [0.3, 0.4) is 0 Å². The lowest BCUT2D eigenvalue weighted by Crippen LogP contribution is -2.46. The van der Waals surface area contributed by atoms with E-state index in [2.05, 4.69) is 18.8 Å². The van der Waals surface area contributed by atoms with Crippen LogP contribution >= 0.6 is 11.3 Å². The molecule has 1 fully saturated rings. The summed E-state index contributed by atoms with van der Waals surface area (Å²) in [4.78, 5) is 30.6. The summed E-state index contributed by atoms with van der Waals surface area (Å²) in [6.07, 6.45) is 2.18. The number of nitrogens with zero attached hydrogens (tertiary/aromatic N) is 2. The number of aliphatic carboxylic acids is 1. The van der Waals surface area contributed by atoms with Crippen molar-refractivity contribution in [2.45, 2.75) is 46.1 Å². The molecule has 0 spiro atoms. The van der Waals surface area contributed by atoms with Crippen LogP contribution in [0.4, 0.5) is 0 Å². The molecule has 1 aromatic heterocycles. The number of ether oxygens (including phenoxy) is 1. The first kappa shape index (κ1) is 17.9. The van der Waals surface area contributed by atoms with Gasteiger partial charge in [-0.05, 0) is 25.7 Å². The lowest BCUT2D eigenvalue weighted by molar-refractivity contribution is -0.138. The highest BCUT2D eigenvalue weighted by Crippen LogP contribution is 2.25. The van der Waals surface area contributed by atoms with Gasteiger partial charge in [0.1, 0.15) is 11.4 Å². The number of amides is 1. The van der Waals surface area contributed by atoms with Crippen molar-refractivity contribution < 1.29 is 19.4 Å². The SMILES string of the molecule is Cc1nc(CC(C)C)sc1C(=O)N(CC(=O)O)C1CCOCC1. The molecule has 1 aromatic rings. The smallest absolute Gasteiger partial charge is 0.323 e. The maximum atomic E-state index is 12.9. The number of carboxylic acid groups (broad SMARTS) is 1. The van der Waals surface area contributed by atoms with E-state index >= 15 is 0 Å². The molecule has 0 aliphatic carbocycles. The number of hydrogen-bond acceptors (Lipinski definition) is 5. The van der Waals surface area contributed by atoms with Crippen LogP contribution in [-0.4, -0.2) is 52.7 Å². The maximum Gasteiger partial charge on any atom is 0.323 e. The van der Waals surface area contributed by atoms with E-state index in [4.69, 9.17) is 9.84 Å². The first-order valence-electron chi connectivity index (χ1n) is 7.95. The molecule has 0 aromatic carbocycles. The van der Waals surface area contributed by atoms with Gasteiger partial charge in [-0.3, -0.25) is 9.59 Å². The molecule has 0 saturated carbocycles. The van der Waals surface area contributed by atoms with E-state index in [-0.39, 0.29) is 18.5 Å². The molecule has 23 heavy (non-hydrogen) atoms. The van der Waals surface area contributed by atoms with Crippen LogP contribution in [0.2, 0.25) is 0 Å². The van der Waals surface area contributed by atoms with Crippen molar-refractivity contribution in [2.75, 3.05) is 19.8 Å². The molecular weight excluding hydrogens is 316 g/mol. The molecular formula is C16H24N2O4S. The molecule has 1 N–H and O–H groups in total. The topological polar surface area (TPSA) is 79.7 Å². The average Bonchev–Trinajstić information content (AvgIpc) is 2.84. The predicted octanol–water partition coefficient (Wildman–Crippen LogP) is 2.36. The summed E-state index contributed by atoms with van der Waals surface area (Å²) < 4.78 is 5.32. The number of carboxylic acids is 1. The average molecular weight is 340 g/mol. The van der Waals surface area contributed by atoms with E-state index in [0.29, 0.717) is 42.5 Å². The molecule has 128 valence electrons. The van der Waals surface area contributed by atoms with Gasteiger partial charge in [0.05, 0.1) is 10.7 Å². The Morgan fingerprint density at radius 2 is 2.04 bits per heavy atom. The monoisotopic (exact) mass is 340 g/mol. The maximum absolute atomic E-state index is 12.9. The minimum absolute atomic E-state index is 0.0811. The van der Waals surface area contributed by atoms with Gasteiger partial charge in [-0.1, -0.05) is 13.8 Å². The second-order valence-corrected chi connectivity index (χ2v) is 7.37. The van der Waals surface area contributed by atoms with Crippen molar-refractivity contribution in [3.8, 4) is 0 Å². The van der Waals surface area contributed by atoms with Crippen molar-refractivity contribution in [3.63, 3.8) is 0 Å². The molecule has 7 heteroatoms. The molecule has 0 radical (unpaired) electrons. The van der Waals surface area contributed by atoms with Crippen LogP contribution in [-0.2, 0) is 16.0 Å². The molecule has 1 saturated heterocycles. The first-order valence-corrected chi connectivity index (χ1v) is 8.77. The van der Waals surface area contributed by atoms with E-state index in [9.17, 15) is 9.59 Å². The molecule has 0 atom stereocenters. The van der Waals surface area contributed by atoms with Gasteiger partial charge in [0.2, 0.25) is 0 Å². The van der Waals surface area contributed by atoms with Crippen LogP contribution < -0.4 is 0 Å². The van der Waals surface area contributed by atoms with Gasteiger partial charge in [0.25, 0.3) is 5.91 Å². The summed E-state index contributed by atoms with van der Waals surface area (Å²) in [6.45, 7) is 6.88. The highest BCUT2D eigenvalue weighted by molar-refractivity contribution is 7.13. The third-order valence-corrected chi connectivity index (χ3v) is 4.98. The molecule has 2 rings (SSSR count). The lowest BCUT2D eigenvalue weighted by atomic mass is 10.1. The van der Waals surface area contributed by atoms with Crippen LogP contribution in [0.15, 0.2) is 0 Å². The summed E-state index contributed by atoms with van der Waals surface area (Å²) in [5.41, 5.74) is 0.693. The Labute approximate surface area is 140 Å². The number of carbonyl (C=O) groups is 2. The number of carbonyl (C=O) groups excluding carboxylic acids is 1. The van der Waals surface area contributed by atoms with Gasteiger partial charge in [0, 0.05) is 25.7 Å². The Balaban J connectivity index is 2.22. The predicted molar refractivity (Wildman–Crippen MR) is 87.9 cm³/mol. The van der Waals surface area contributed by atoms with E-state index in [1.807, 2.05) is 6.92 Å². The Morgan fingerprint density at radius 1 is 1.39 bits per heavy atom. The number of hydrogen-bond donors (Lipinski definition) is 1. The zero-order chi connectivity index (χ0) is 17.0. The zero-order valence-corrected chi connectivity index (χ0v) is 14.7. The van der Waals surface area contributed by atoms with Gasteiger partial charge in [0.15, 0.2) is 0 Å². The Kier molecular flexibility index (Phi) is 6.12. The second kappa shape index (κ2) is 7.88. The second-order valence-electron chi connectivity index (χ2n) is 6.29. The van der Waals surface area contributed by atoms with Crippen molar-refractivity contribution in [2.24, 2.45) is 5.92 Å². The van der Waals surface area contributed by atoms with Crippen LogP contribution in [0.25, 0.3) is 0 Å². The molecule has 1 aliphatic heterocycles. The van der Waals surface area contributed by atoms with Gasteiger partial charge in [-0.2, -0.15) is 0 Å². The summed E-state index contributed by atoms with van der Waals surface area (Å²) in [5.74, 6) is -0.743. The fraction of sp³-hybridized carbons (Fsp3) is 0.688. The van der Waals surface area contributed by atoms with Crippen LogP contribution in [0.1, 0.15) is 47.1 Å². The standard InChI is InChI=1S/C16H24N2O4S/c1-10(2)8-13-17-11(3)15(23-13)16(21)18(9-14(19)20)12-4-6-22-7-5-12/h10,12H,4-9H2,1-3H3,(H,19,20).